The Balaban J connectivity index is 1.59. The molecule has 1 atom stereocenters. The van der Waals surface area contributed by atoms with Gasteiger partial charge in [0.1, 0.15) is 18.8 Å². The third-order valence-corrected chi connectivity index (χ3v) is 5.83. The van der Waals surface area contributed by atoms with Gasteiger partial charge in [0, 0.05) is 11.9 Å². The van der Waals surface area contributed by atoms with E-state index in [9.17, 15) is 14.7 Å². The molecule has 7 nitrogen and oxygen atoms in total. The molecule has 0 aliphatic carbocycles. The molecular weight excluding hydrogens is 410 g/mol. The monoisotopic (exact) mass is 433 g/mol. The molecule has 3 heterocycles. The highest BCUT2D eigenvalue weighted by Crippen LogP contribution is 2.42. The summed E-state index contributed by atoms with van der Waals surface area (Å²) in [6.45, 7) is 3.32. The number of rotatable bonds is 6. The highest BCUT2D eigenvalue weighted by atomic mass is 16.6. The Morgan fingerprint density at radius 3 is 2.66 bits per heavy atom. The van der Waals surface area contributed by atoms with Crippen LogP contribution < -0.4 is 9.47 Å². The molecular formula is C25H23NO6. The van der Waals surface area contributed by atoms with Crippen molar-refractivity contribution in [3.63, 3.8) is 0 Å². The van der Waals surface area contributed by atoms with Crippen LogP contribution in [0.3, 0.4) is 0 Å². The van der Waals surface area contributed by atoms with Crippen LogP contribution in [0.25, 0.3) is 11.0 Å². The van der Waals surface area contributed by atoms with Crippen molar-refractivity contribution >= 4 is 22.7 Å². The number of ketones is 1. The SMILES string of the molecule is CCCCN1C(=O)C(O)=C(C(=O)c2cc3ccccc3o2)C1c1ccc2c(c1)OCCO2. The van der Waals surface area contributed by atoms with E-state index in [2.05, 4.69) is 0 Å². The van der Waals surface area contributed by atoms with Crippen molar-refractivity contribution in [1.82, 2.24) is 4.90 Å². The third kappa shape index (κ3) is 3.30. The van der Waals surface area contributed by atoms with Crippen LogP contribution in [0.1, 0.15) is 41.9 Å². The largest absolute Gasteiger partial charge is 0.503 e. The summed E-state index contributed by atoms with van der Waals surface area (Å²) in [5.41, 5.74) is 1.25. The lowest BCUT2D eigenvalue weighted by Crippen LogP contribution is -2.32. The van der Waals surface area contributed by atoms with Crippen LogP contribution >= 0.6 is 0 Å². The summed E-state index contributed by atoms with van der Waals surface area (Å²) in [7, 11) is 0. The minimum absolute atomic E-state index is 0.0156. The lowest BCUT2D eigenvalue weighted by molar-refractivity contribution is -0.129. The fourth-order valence-electron chi connectivity index (χ4n) is 4.25. The van der Waals surface area contributed by atoms with E-state index in [0.717, 1.165) is 18.2 Å². The number of hydrogen-bond acceptors (Lipinski definition) is 6. The summed E-state index contributed by atoms with van der Waals surface area (Å²) in [4.78, 5) is 28.0. The average Bonchev–Trinajstić information content (AvgIpc) is 3.36. The summed E-state index contributed by atoms with van der Waals surface area (Å²) in [6, 6.07) is 13.5. The Hall–Kier alpha value is -3.74. The zero-order valence-corrected chi connectivity index (χ0v) is 17.7. The minimum Gasteiger partial charge on any atom is -0.503 e. The molecule has 0 spiro atoms. The molecule has 3 aromatic rings. The topological polar surface area (TPSA) is 89.2 Å². The van der Waals surface area contributed by atoms with E-state index in [-0.39, 0.29) is 11.3 Å². The van der Waals surface area contributed by atoms with Crippen LogP contribution in [0.15, 0.2) is 64.3 Å². The van der Waals surface area contributed by atoms with Crippen LogP contribution in [-0.4, -0.2) is 41.5 Å². The van der Waals surface area contributed by atoms with Crippen LogP contribution in [0.2, 0.25) is 0 Å². The second-order valence-corrected chi connectivity index (χ2v) is 7.90. The number of fused-ring (bicyclic) bond motifs is 2. The van der Waals surface area contributed by atoms with Gasteiger partial charge in [-0.15, -0.1) is 0 Å². The van der Waals surface area contributed by atoms with Crippen molar-refractivity contribution in [3.05, 3.63) is 71.2 Å². The molecule has 0 fully saturated rings. The first kappa shape index (κ1) is 20.2. The van der Waals surface area contributed by atoms with Crippen molar-refractivity contribution < 1.29 is 28.6 Å². The number of Topliss-reactive ketones (excluding diaryl/α,β-unsaturated/α-hetero) is 1. The molecule has 0 bridgehead atoms. The summed E-state index contributed by atoms with van der Waals surface area (Å²) < 4.78 is 17.1. The lowest BCUT2D eigenvalue weighted by atomic mass is 9.94. The van der Waals surface area contributed by atoms with E-state index in [4.69, 9.17) is 13.9 Å². The summed E-state index contributed by atoms with van der Waals surface area (Å²) in [6.07, 6.45) is 1.61. The molecule has 1 N–H and O–H groups in total. The molecule has 1 amide bonds. The Morgan fingerprint density at radius 1 is 1.09 bits per heavy atom. The van der Waals surface area contributed by atoms with E-state index < -0.39 is 23.5 Å². The molecule has 2 aliphatic rings. The first-order valence-corrected chi connectivity index (χ1v) is 10.8. The molecule has 1 aromatic heterocycles. The molecule has 2 aromatic carbocycles. The fourth-order valence-corrected chi connectivity index (χ4v) is 4.25. The molecule has 2 aliphatic heterocycles. The van der Waals surface area contributed by atoms with Crippen molar-refractivity contribution in [2.24, 2.45) is 0 Å². The number of benzene rings is 2. The van der Waals surface area contributed by atoms with Crippen LogP contribution in [-0.2, 0) is 4.79 Å². The molecule has 0 saturated carbocycles. The Labute approximate surface area is 184 Å². The van der Waals surface area contributed by atoms with E-state index in [0.29, 0.717) is 42.4 Å². The maximum Gasteiger partial charge on any atom is 0.290 e. The van der Waals surface area contributed by atoms with Gasteiger partial charge < -0.3 is 23.9 Å². The second-order valence-electron chi connectivity index (χ2n) is 7.90. The quantitative estimate of drug-likeness (QED) is 0.573. The Morgan fingerprint density at radius 2 is 1.88 bits per heavy atom. The van der Waals surface area contributed by atoms with Gasteiger partial charge in [-0.1, -0.05) is 37.6 Å². The number of aliphatic hydroxyl groups is 1. The highest BCUT2D eigenvalue weighted by molar-refractivity contribution is 6.16. The first-order valence-electron chi connectivity index (χ1n) is 10.8. The molecule has 1 unspecified atom stereocenters. The standard InChI is InChI=1S/C25H23NO6/c1-2-3-10-26-22(16-8-9-18-19(14-16)31-12-11-30-18)21(24(28)25(26)29)23(27)20-13-15-6-4-5-7-17(15)32-20/h4-9,13-14,22,28H,2-3,10-12H2,1H3. The van der Waals surface area contributed by atoms with Gasteiger partial charge in [0.15, 0.2) is 23.0 Å². The predicted octanol–water partition coefficient (Wildman–Crippen LogP) is 4.58. The number of carbonyl (C=O) groups excluding carboxylic acids is 2. The van der Waals surface area contributed by atoms with Crippen molar-refractivity contribution in [1.29, 1.82) is 0 Å². The number of nitrogens with zero attached hydrogens (tertiary/aromatic N) is 1. The van der Waals surface area contributed by atoms with E-state index in [1.807, 2.05) is 25.1 Å². The maximum atomic E-state index is 13.5. The van der Waals surface area contributed by atoms with E-state index >= 15 is 0 Å². The van der Waals surface area contributed by atoms with E-state index in [1.165, 1.54) is 0 Å². The Kier molecular flexibility index (Phi) is 5.09. The van der Waals surface area contributed by atoms with Gasteiger partial charge in [0.25, 0.3) is 5.91 Å². The number of carbonyl (C=O) groups is 2. The zero-order valence-electron chi connectivity index (χ0n) is 17.7. The van der Waals surface area contributed by atoms with Crippen LogP contribution in [0, 0.1) is 0 Å². The van der Waals surface area contributed by atoms with Gasteiger partial charge >= 0.3 is 0 Å². The summed E-state index contributed by atoms with van der Waals surface area (Å²) in [5, 5.41) is 11.6. The molecule has 164 valence electrons. The second kappa shape index (κ2) is 8.07. The van der Waals surface area contributed by atoms with Gasteiger partial charge in [-0.25, -0.2) is 0 Å². The Bertz CT molecular complexity index is 1210. The predicted molar refractivity (Wildman–Crippen MR) is 117 cm³/mol. The minimum atomic E-state index is -0.745. The number of ether oxygens (including phenoxy) is 2. The normalized spacial score (nSPS) is 18.0. The molecule has 0 saturated heterocycles. The number of para-hydroxylation sites is 1. The maximum absolute atomic E-state index is 13.5. The molecule has 32 heavy (non-hydrogen) atoms. The number of furan rings is 1. The molecule has 0 radical (unpaired) electrons. The van der Waals surface area contributed by atoms with Crippen molar-refractivity contribution in [2.45, 2.75) is 25.8 Å². The van der Waals surface area contributed by atoms with Gasteiger partial charge in [-0.2, -0.15) is 0 Å². The van der Waals surface area contributed by atoms with Crippen molar-refractivity contribution in [3.8, 4) is 11.5 Å². The third-order valence-electron chi connectivity index (χ3n) is 5.83. The van der Waals surface area contributed by atoms with Gasteiger partial charge in [0.05, 0.1) is 11.6 Å². The lowest BCUT2D eigenvalue weighted by Gasteiger charge is -2.28. The van der Waals surface area contributed by atoms with Crippen LogP contribution in [0.5, 0.6) is 11.5 Å². The van der Waals surface area contributed by atoms with Crippen molar-refractivity contribution in [2.75, 3.05) is 19.8 Å². The summed E-state index contributed by atoms with van der Waals surface area (Å²) >= 11 is 0. The number of hydrogen-bond donors (Lipinski definition) is 1. The average molecular weight is 433 g/mol. The van der Waals surface area contributed by atoms with Gasteiger partial charge in [0.2, 0.25) is 5.78 Å². The van der Waals surface area contributed by atoms with Crippen LogP contribution in [0.4, 0.5) is 0 Å². The molecule has 5 rings (SSSR count). The highest BCUT2D eigenvalue weighted by Gasteiger charge is 2.44. The number of amides is 1. The van der Waals surface area contributed by atoms with Gasteiger partial charge in [-0.05, 0) is 36.2 Å². The van der Waals surface area contributed by atoms with Gasteiger partial charge in [-0.3, -0.25) is 9.59 Å². The zero-order chi connectivity index (χ0) is 22.2. The van der Waals surface area contributed by atoms with E-state index in [1.54, 1.807) is 35.2 Å². The number of aliphatic hydroxyl groups excluding tert-OH is 1. The molecule has 7 heteroatoms. The smallest absolute Gasteiger partial charge is 0.290 e. The fraction of sp³-hybridized carbons (Fsp3) is 0.280. The number of unbranched alkanes of at least 4 members (excludes halogenated alkanes) is 1. The summed E-state index contributed by atoms with van der Waals surface area (Å²) in [5.74, 6) is -0.350. The first-order chi connectivity index (χ1) is 15.6.